The molecule has 76 valence electrons. The van der Waals surface area contributed by atoms with Crippen LogP contribution in [0.3, 0.4) is 0 Å². The number of carbonyl (C=O) groups is 1. The maximum Gasteiger partial charge on any atom is 0.133 e. The van der Waals surface area contributed by atoms with Crippen molar-refractivity contribution in [1.29, 1.82) is 0 Å². The third kappa shape index (κ3) is 2.78. The summed E-state index contributed by atoms with van der Waals surface area (Å²) in [6.45, 7) is 5.81. The lowest BCUT2D eigenvalue weighted by Gasteiger charge is -2.34. The number of ketones is 1. The van der Waals surface area contributed by atoms with Gasteiger partial charge < -0.3 is 5.11 Å². The lowest BCUT2D eigenvalue weighted by Crippen LogP contribution is -2.42. The average molecular weight is 185 g/mol. The molecular weight excluding hydrogens is 166 g/mol. The van der Waals surface area contributed by atoms with E-state index in [1.165, 1.54) is 0 Å². The van der Waals surface area contributed by atoms with Gasteiger partial charge in [0, 0.05) is 12.0 Å². The molecule has 0 radical (unpaired) electrons. The standard InChI is InChI=1S/C10H19NO2/c1-8(7-12)11-5-3-10(4-6-11)9(2)13/h8,10,12H,3-7H2,1-2H3. The Balaban J connectivity index is 2.34. The van der Waals surface area contributed by atoms with Crippen LogP contribution in [0, 0.1) is 5.92 Å². The quantitative estimate of drug-likeness (QED) is 0.702. The van der Waals surface area contributed by atoms with Crippen molar-refractivity contribution in [3.8, 4) is 0 Å². The molecule has 0 bridgehead atoms. The smallest absolute Gasteiger partial charge is 0.133 e. The van der Waals surface area contributed by atoms with E-state index >= 15 is 0 Å². The molecule has 0 aromatic rings. The summed E-state index contributed by atoms with van der Waals surface area (Å²) in [4.78, 5) is 13.3. The van der Waals surface area contributed by atoms with E-state index in [4.69, 9.17) is 5.11 Å². The molecule has 13 heavy (non-hydrogen) atoms. The number of aliphatic hydroxyl groups excluding tert-OH is 1. The van der Waals surface area contributed by atoms with Crippen LogP contribution >= 0.6 is 0 Å². The van der Waals surface area contributed by atoms with E-state index in [1.807, 2.05) is 6.92 Å². The minimum Gasteiger partial charge on any atom is -0.395 e. The largest absolute Gasteiger partial charge is 0.395 e. The number of hydrogen-bond acceptors (Lipinski definition) is 3. The molecule has 1 atom stereocenters. The highest BCUT2D eigenvalue weighted by Crippen LogP contribution is 2.19. The summed E-state index contributed by atoms with van der Waals surface area (Å²) in [7, 11) is 0. The summed E-state index contributed by atoms with van der Waals surface area (Å²) in [5, 5.41) is 8.95. The van der Waals surface area contributed by atoms with Gasteiger partial charge >= 0.3 is 0 Å². The fraction of sp³-hybridized carbons (Fsp3) is 0.900. The average Bonchev–Trinajstić information content (AvgIpc) is 2.17. The Morgan fingerprint density at radius 2 is 2.08 bits per heavy atom. The highest BCUT2D eigenvalue weighted by molar-refractivity contribution is 5.78. The second-order valence-electron chi connectivity index (χ2n) is 3.95. The molecule has 1 saturated heterocycles. The molecule has 0 aliphatic carbocycles. The molecule has 0 aromatic heterocycles. The van der Waals surface area contributed by atoms with Crippen molar-refractivity contribution in [3.05, 3.63) is 0 Å². The summed E-state index contributed by atoms with van der Waals surface area (Å²) in [5.74, 6) is 0.582. The van der Waals surface area contributed by atoms with Gasteiger partial charge in [-0.1, -0.05) is 0 Å². The first kappa shape index (κ1) is 10.7. The number of carbonyl (C=O) groups excluding carboxylic acids is 1. The molecule has 0 saturated carbocycles. The van der Waals surface area contributed by atoms with Crippen LogP contribution < -0.4 is 0 Å². The summed E-state index contributed by atoms with van der Waals surface area (Å²) in [6, 6.07) is 0.243. The topological polar surface area (TPSA) is 40.5 Å². The monoisotopic (exact) mass is 185 g/mol. The van der Waals surface area contributed by atoms with Gasteiger partial charge in [0.05, 0.1) is 6.61 Å². The molecule has 1 aliphatic heterocycles. The van der Waals surface area contributed by atoms with E-state index in [0.29, 0.717) is 5.78 Å². The van der Waals surface area contributed by atoms with E-state index in [2.05, 4.69) is 4.90 Å². The normalized spacial score (nSPS) is 23.0. The number of likely N-dealkylation sites (tertiary alicyclic amines) is 1. The van der Waals surface area contributed by atoms with Crippen LogP contribution in [0.1, 0.15) is 26.7 Å². The van der Waals surface area contributed by atoms with Gasteiger partial charge in [-0.2, -0.15) is 0 Å². The van der Waals surface area contributed by atoms with E-state index in [-0.39, 0.29) is 18.6 Å². The lowest BCUT2D eigenvalue weighted by molar-refractivity contribution is -0.122. The maximum atomic E-state index is 11.1. The Hall–Kier alpha value is -0.410. The van der Waals surface area contributed by atoms with Gasteiger partial charge in [-0.3, -0.25) is 9.69 Å². The lowest BCUT2D eigenvalue weighted by atomic mass is 9.93. The minimum absolute atomic E-state index is 0.213. The number of hydrogen-bond donors (Lipinski definition) is 1. The molecule has 0 aromatic carbocycles. The Kier molecular flexibility index (Phi) is 3.88. The third-order valence-electron chi connectivity index (χ3n) is 2.99. The molecule has 0 spiro atoms. The van der Waals surface area contributed by atoms with Crippen molar-refractivity contribution < 1.29 is 9.90 Å². The highest BCUT2D eigenvalue weighted by atomic mass is 16.3. The van der Waals surface area contributed by atoms with Gasteiger partial charge in [-0.15, -0.1) is 0 Å². The SMILES string of the molecule is CC(=O)C1CCN(C(C)CO)CC1. The van der Waals surface area contributed by atoms with Crippen molar-refractivity contribution in [2.24, 2.45) is 5.92 Å². The van der Waals surface area contributed by atoms with Crippen molar-refractivity contribution in [1.82, 2.24) is 4.90 Å². The van der Waals surface area contributed by atoms with E-state index < -0.39 is 0 Å². The second-order valence-corrected chi connectivity index (χ2v) is 3.95. The van der Waals surface area contributed by atoms with Crippen molar-refractivity contribution in [2.75, 3.05) is 19.7 Å². The Labute approximate surface area is 79.7 Å². The fourth-order valence-electron chi connectivity index (χ4n) is 1.86. The molecule has 1 aliphatic rings. The van der Waals surface area contributed by atoms with Crippen LogP contribution in [0.15, 0.2) is 0 Å². The van der Waals surface area contributed by atoms with Gasteiger partial charge in [0.25, 0.3) is 0 Å². The molecule has 1 N–H and O–H groups in total. The Bertz CT molecular complexity index is 174. The molecule has 3 heteroatoms. The van der Waals surface area contributed by atoms with Crippen LogP contribution in [0.5, 0.6) is 0 Å². The van der Waals surface area contributed by atoms with E-state index in [9.17, 15) is 4.79 Å². The first-order valence-electron chi connectivity index (χ1n) is 5.00. The number of Topliss-reactive ketones (excluding diaryl/α,β-unsaturated/α-hetero) is 1. The third-order valence-corrected chi connectivity index (χ3v) is 2.99. The summed E-state index contributed by atoms with van der Waals surface area (Å²) >= 11 is 0. The van der Waals surface area contributed by atoms with Crippen LogP contribution in [-0.2, 0) is 4.79 Å². The first-order valence-corrected chi connectivity index (χ1v) is 5.00. The molecule has 1 unspecified atom stereocenters. The molecule has 1 heterocycles. The van der Waals surface area contributed by atoms with Crippen molar-refractivity contribution in [2.45, 2.75) is 32.7 Å². The number of piperidine rings is 1. The zero-order valence-electron chi connectivity index (χ0n) is 8.49. The summed E-state index contributed by atoms with van der Waals surface area (Å²) in [5.41, 5.74) is 0. The minimum atomic E-state index is 0.213. The van der Waals surface area contributed by atoms with Gasteiger partial charge in [-0.25, -0.2) is 0 Å². The number of rotatable bonds is 3. The van der Waals surface area contributed by atoms with Crippen molar-refractivity contribution in [3.63, 3.8) is 0 Å². The predicted octanol–water partition coefficient (Wildman–Crippen LogP) is 0.668. The van der Waals surface area contributed by atoms with E-state index in [1.54, 1.807) is 6.92 Å². The first-order chi connectivity index (χ1) is 6.15. The van der Waals surface area contributed by atoms with Crippen LogP contribution in [-0.4, -0.2) is 41.5 Å². The number of nitrogens with zero attached hydrogens (tertiary/aromatic N) is 1. The summed E-state index contributed by atoms with van der Waals surface area (Å²) < 4.78 is 0. The highest BCUT2D eigenvalue weighted by Gasteiger charge is 2.24. The van der Waals surface area contributed by atoms with Gasteiger partial charge in [0.1, 0.15) is 5.78 Å². The molecule has 0 amide bonds. The zero-order valence-corrected chi connectivity index (χ0v) is 8.49. The molecular formula is C10H19NO2. The van der Waals surface area contributed by atoms with Gasteiger partial charge in [0.2, 0.25) is 0 Å². The molecule has 3 nitrogen and oxygen atoms in total. The van der Waals surface area contributed by atoms with E-state index in [0.717, 1.165) is 25.9 Å². The zero-order chi connectivity index (χ0) is 9.84. The van der Waals surface area contributed by atoms with Crippen LogP contribution in [0.2, 0.25) is 0 Å². The predicted molar refractivity (Wildman–Crippen MR) is 51.5 cm³/mol. The number of aliphatic hydroxyl groups is 1. The Morgan fingerprint density at radius 1 is 1.54 bits per heavy atom. The van der Waals surface area contributed by atoms with Crippen LogP contribution in [0.4, 0.5) is 0 Å². The Morgan fingerprint density at radius 3 is 2.46 bits per heavy atom. The molecule has 1 fully saturated rings. The van der Waals surface area contributed by atoms with Gasteiger partial charge in [-0.05, 0) is 39.8 Å². The van der Waals surface area contributed by atoms with Crippen LogP contribution in [0.25, 0.3) is 0 Å². The maximum absolute atomic E-state index is 11.1. The fourth-order valence-corrected chi connectivity index (χ4v) is 1.86. The van der Waals surface area contributed by atoms with Crippen molar-refractivity contribution >= 4 is 5.78 Å². The summed E-state index contributed by atoms with van der Waals surface area (Å²) in [6.07, 6.45) is 1.92. The second kappa shape index (κ2) is 4.72. The molecule has 1 rings (SSSR count). The van der Waals surface area contributed by atoms with Gasteiger partial charge in [0.15, 0.2) is 0 Å².